The molecule has 3 nitrogen and oxygen atoms in total. The van der Waals surface area contributed by atoms with Crippen molar-refractivity contribution in [2.45, 2.75) is 31.7 Å². The summed E-state index contributed by atoms with van der Waals surface area (Å²) in [7, 11) is 0. The molecule has 0 amide bonds. The van der Waals surface area contributed by atoms with Gasteiger partial charge >= 0.3 is 0 Å². The number of hydrogen-bond acceptors (Lipinski definition) is 1. The highest BCUT2D eigenvalue weighted by molar-refractivity contribution is 14.0. The fourth-order valence-electron chi connectivity index (χ4n) is 2.24. The van der Waals surface area contributed by atoms with Gasteiger partial charge in [-0.15, -0.1) is 24.0 Å². The molecule has 5 heteroatoms. The lowest BCUT2D eigenvalue weighted by Gasteiger charge is -2.36. The average molecular weight is 389 g/mol. The highest BCUT2D eigenvalue weighted by Crippen LogP contribution is 2.36. The van der Waals surface area contributed by atoms with E-state index in [0.29, 0.717) is 24.5 Å². The zero-order valence-electron chi connectivity index (χ0n) is 11.6. The summed E-state index contributed by atoms with van der Waals surface area (Å²) >= 11 is 0. The molecule has 1 aromatic carbocycles. The van der Waals surface area contributed by atoms with Crippen LogP contribution in [-0.2, 0) is 0 Å². The number of nitrogens with one attached hydrogen (secondary N) is 1. The molecule has 2 rings (SSSR count). The summed E-state index contributed by atoms with van der Waals surface area (Å²) in [5.74, 6) is 0.712. The van der Waals surface area contributed by atoms with Crippen molar-refractivity contribution in [2.24, 2.45) is 10.7 Å². The first-order valence-electron chi connectivity index (χ1n) is 6.51. The van der Waals surface area contributed by atoms with E-state index in [0.717, 1.165) is 24.0 Å². The predicted molar refractivity (Wildman–Crippen MR) is 92.0 cm³/mol. The topological polar surface area (TPSA) is 50.4 Å². The Bertz CT molecular complexity index is 496. The zero-order valence-corrected chi connectivity index (χ0v) is 13.9. The lowest BCUT2D eigenvalue weighted by atomic mass is 9.76. The predicted octanol–water partition coefficient (Wildman–Crippen LogP) is 3.17. The number of nitrogens with zero attached hydrogens (tertiary/aromatic N) is 1. The number of aliphatic imine (C=N–C) groups is 1. The van der Waals surface area contributed by atoms with Crippen LogP contribution in [0.3, 0.4) is 0 Å². The van der Waals surface area contributed by atoms with E-state index >= 15 is 0 Å². The molecule has 0 saturated heterocycles. The van der Waals surface area contributed by atoms with Gasteiger partial charge in [-0.1, -0.05) is 24.3 Å². The molecule has 0 atom stereocenters. The van der Waals surface area contributed by atoms with Crippen LogP contribution in [0.15, 0.2) is 41.4 Å². The molecule has 0 aromatic heterocycles. The third-order valence-corrected chi connectivity index (χ3v) is 3.33. The molecular formula is C15H21FIN3. The molecule has 1 aliphatic rings. The summed E-state index contributed by atoms with van der Waals surface area (Å²) in [6.07, 6.45) is 1.93. The molecule has 20 heavy (non-hydrogen) atoms. The number of guanidine groups is 1. The van der Waals surface area contributed by atoms with Crippen LogP contribution in [0.1, 0.15) is 31.2 Å². The highest BCUT2D eigenvalue weighted by atomic mass is 127. The Hall–Kier alpha value is -1.11. The van der Waals surface area contributed by atoms with E-state index in [1.54, 1.807) is 12.1 Å². The Morgan fingerprint density at radius 3 is 2.80 bits per heavy atom. The Balaban J connectivity index is 0.00000200. The Kier molecular flexibility index (Phi) is 6.45. The van der Waals surface area contributed by atoms with Gasteiger partial charge in [0.15, 0.2) is 5.96 Å². The number of halogens is 2. The summed E-state index contributed by atoms with van der Waals surface area (Å²) in [6.45, 7) is 6.25. The van der Waals surface area contributed by atoms with Crippen molar-refractivity contribution in [1.82, 2.24) is 5.32 Å². The van der Waals surface area contributed by atoms with Gasteiger partial charge in [0, 0.05) is 6.04 Å². The van der Waals surface area contributed by atoms with E-state index in [2.05, 4.69) is 16.9 Å². The van der Waals surface area contributed by atoms with Crippen LogP contribution >= 0.6 is 24.0 Å². The van der Waals surface area contributed by atoms with Crippen molar-refractivity contribution < 1.29 is 4.39 Å². The average Bonchev–Trinajstić information content (AvgIpc) is 2.30. The SMILES string of the molecule is C=C(C)CN=C(N)NC1CC(c2cccc(F)c2)C1.I. The summed E-state index contributed by atoms with van der Waals surface area (Å²) in [5, 5.41) is 3.18. The minimum atomic E-state index is -0.170. The third-order valence-electron chi connectivity index (χ3n) is 3.33. The Morgan fingerprint density at radius 2 is 2.20 bits per heavy atom. The summed E-state index contributed by atoms with van der Waals surface area (Å²) in [5.41, 5.74) is 7.83. The Morgan fingerprint density at radius 1 is 1.50 bits per heavy atom. The molecule has 1 saturated carbocycles. The molecule has 0 heterocycles. The molecule has 1 aliphatic carbocycles. The smallest absolute Gasteiger partial charge is 0.189 e. The van der Waals surface area contributed by atoms with Crippen molar-refractivity contribution in [1.29, 1.82) is 0 Å². The first kappa shape index (κ1) is 16.9. The minimum Gasteiger partial charge on any atom is -0.370 e. The van der Waals surface area contributed by atoms with Crippen molar-refractivity contribution >= 4 is 29.9 Å². The van der Waals surface area contributed by atoms with E-state index in [-0.39, 0.29) is 29.8 Å². The molecule has 3 N–H and O–H groups in total. The molecule has 110 valence electrons. The molecule has 1 fully saturated rings. The van der Waals surface area contributed by atoms with Crippen LogP contribution in [0, 0.1) is 5.82 Å². The molecule has 0 radical (unpaired) electrons. The monoisotopic (exact) mass is 389 g/mol. The third kappa shape index (κ3) is 4.77. The first-order valence-corrected chi connectivity index (χ1v) is 6.51. The van der Waals surface area contributed by atoms with Gasteiger partial charge in [0.2, 0.25) is 0 Å². The van der Waals surface area contributed by atoms with Gasteiger partial charge in [-0.05, 0) is 43.4 Å². The van der Waals surface area contributed by atoms with Crippen LogP contribution in [0.2, 0.25) is 0 Å². The maximum Gasteiger partial charge on any atom is 0.189 e. The van der Waals surface area contributed by atoms with E-state index < -0.39 is 0 Å². The van der Waals surface area contributed by atoms with Crippen LogP contribution in [0.4, 0.5) is 4.39 Å². The van der Waals surface area contributed by atoms with Gasteiger partial charge < -0.3 is 11.1 Å². The molecule has 1 aromatic rings. The Labute approximate surface area is 136 Å². The highest BCUT2D eigenvalue weighted by Gasteiger charge is 2.30. The minimum absolute atomic E-state index is 0. The van der Waals surface area contributed by atoms with Gasteiger partial charge in [-0.25, -0.2) is 9.38 Å². The fourth-order valence-corrected chi connectivity index (χ4v) is 2.24. The van der Waals surface area contributed by atoms with E-state index in [9.17, 15) is 4.39 Å². The van der Waals surface area contributed by atoms with Gasteiger partial charge in [-0.2, -0.15) is 0 Å². The summed E-state index contributed by atoms with van der Waals surface area (Å²) in [4.78, 5) is 4.18. The summed E-state index contributed by atoms with van der Waals surface area (Å²) < 4.78 is 13.1. The molecule has 0 spiro atoms. The van der Waals surface area contributed by atoms with Crippen molar-refractivity contribution in [2.75, 3.05) is 6.54 Å². The standard InChI is InChI=1S/C15H20FN3.HI/c1-10(2)9-18-15(17)19-14-7-12(8-14)11-4-3-5-13(16)6-11;/h3-6,12,14H,1,7-9H2,2H3,(H3,17,18,19);1H. The quantitative estimate of drug-likeness (QED) is 0.360. The maximum absolute atomic E-state index is 13.1. The normalized spacial score (nSPS) is 21.6. The van der Waals surface area contributed by atoms with Crippen LogP contribution in [0.5, 0.6) is 0 Å². The van der Waals surface area contributed by atoms with Crippen molar-refractivity contribution in [3.63, 3.8) is 0 Å². The molecule has 0 unspecified atom stereocenters. The number of benzene rings is 1. The summed E-state index contributed by atoms with van der Waals surface area (Å²) in [6, 6.07) is 7.15. The second-order valence-corrected chi connectivity index (χ2v) is 5.22. The molecule has 0 aliphatic heterocycles. The van der Waals surface area contributed by atoms with Crippen LogP contribution < -0.4 is 11.1 Å². The van der Waals surface area contributed by atoms with Gasteiger partial charge in [0.05, 0.1) is 6.54 Å². The number of nitrogens with two attached hydrogens (primary N) is 1. The molecular weight excluding hydrogens is 368 g/mol. The first-order chi connectivity index (χ1) is 9.04. The lowest BCUT2D eigenvalue weighted by molar-refractivity contribution is 0.323. The zero-order chi connectivity index (χ0) is 13.8. The van der Waals surface area contributed by atoms with E-state index in [4.69, 9.17) is 5.73 Å². The number of rotatable bonds is 4. The van der Waals surface area contributed by atoms with Gasteiger partial charge in [-0.3, -0.25) is 0 Å². The van der Waals surface area contributed by atoms with Crippen LogP contribution in [0.25, 0.3) is 0 Å². The van der Waals surface area contributed by atoms with E-state index in [1.807, 2.05) is 13.0 Å². The van der Waals surface area contributed by atoms with E-state index in [1.165, 1.54) is 6.07 Å². The lowest BCUT2D eigenvalue weighted by Crippen LogP contribution is -2.46. The number of hydrogen-bond donors (Lipinski definition) is 2. The van der Waals surface area contributed by atoms with Crippen LogP contribution in [-0.4, -0.2) is 18.5 Å². The maximum atomic E-state index is 13.1. The fraction of sp³-hybridized carbons (Fsp3) is 0.400. The second kappa shape index (κ2) is 7.61. The second-order valence-electron chi connectivity index (χ2n) is 5.22. The van der Waals surface area contributed by atoms with Crippen molar-refractivity contribution in [3.8, 4) is 0 Å². The largest absolute Gasteiger partial charge is 0.370 e. The van der Waals surface area contributed by atoms with Crippen molar-refractivity contribution in [3.05, 3.63) is 47.8 Å². The molecule has 0 bridgehead atoms. The van der Waals surface area contributed by atoms with Gasteiger partial charge in [0.25, 0.3) is 0 Å². The van der Waals surface area contributed by atoms with Gasteiger partial charge in [0.1, 0.15) is 5.82 Å².